The number of halogens is 1. The van der Waals surface area contributed by atoms with Crippen LogP contribution in [0.1, 0.15) is 31.4 Å². The summed E-state index contributed by atoms with van der Waals surface area (Å²) in [7, 11) is 0. The van der Waals surface area contributed by atoms with Gasteiger partial charge in [0.1, 0.15) is 11.0 Å². The summed E-state index contributed by atoms with van der Waals surface area (Å²) >= 11 is 5.74. The van der Waals surface area contributed by atoms with E-state index in [1.165, 1.54) is 0 Å². The van der Waals surface area contributed by atoms with Gasteiger partial charge in [-0.25, -0.2) is 0 Å². The summed E-state index contributed by atoms with van der Waals surface area (Å²) in [5, 5.41) is -0.620. The smallest absolute Gasteiger partial charge is 0.324 e. The summed E-state index contributed by atoms with van der Waals surface area (Å²) in [6.07, 6.45) is 4.75. The van der Waals surface area contributed by atoms with Gasteiger partial charge < -0.3 is 4.74 Å². The number of alkyl halides is 1. The lowest BCUT2D eigenvalue weighted by Gasteiger charge is -2.33. The Morgan fingerprint density at radius 2 is 2.18 bits per heavy atom. The molecule has 0 amide bonds. The van der Waals surface area contributed by atoms with Crippen molar-refractivity contribution in [2.75, 3.05) is 0 Å². The number of carbonyl (C=O) groups excluding carboxylic acids is 1. The van der Waals surface area contributed by atoms with Gasteiger partial charge in [-0.05, 0) is 19.4 Å². The molecule has 0 fully saturated rings. The Morgan fingerprint density at radius 3 is 2.88 bits per heavy atom. The molecule has 2 rings (SSSR count). The maximum absolute atomic E-state index is 11.6. The maximum Gasteiger partial charge on any atom is 0.324 e. The topological polar surface area (TPSA) is 26.3 Å². The third-order valence-corrected chi connectivity index (χ3v) is 3.16. The number of hydrogen-bond acceptors (Lipinski definition) is 2. The molecule has 0 N–H and O–H groups in total. The van der Waals surface area contributed by atoms with E-state index in [1.54, 1.807) is 6.92 Å². The molecule has 2 nitrogen and oxygen atoms in total. The van der Waals surface area contributed by atoms with Gasteiger partial charge in [-0.2, -0.15) is 0 Å². The molecular weight excluding hydrogens is 236 g/mol. The monoisotopic (exact) mass is 250 g/mol. The van der Waals surface area contributed by atoms with Gasteiger partial charge in [-0.3, -0.25) is 4.79 Å². The van der Waals surface area contributed by atoms with E-state index in [-0.39, 0.29) is 5.97 Å². The Hall–Kier alpha value is -1.28. The molecule has 0 saturated carbocycles. The Morgan fingerprint density at radius 1 is 1.47 bits per heavy atom. The summed E-state index contributed by atoms with van der Waals surface area (Å²) in [6, 6.07) is 7.93. The fourth-order valence-electron chi connectivity index (χ4n) is 2.04. The van der Waals surface area contributed by atoms with Gasteiger partial charge in [0, 0.05) is 12.0 Å². The zero-order chi connectivity index (χ0) is 12.5. The molecule has 17 heavy (non-hydrogen) atoms. The number of carbonyl (C=O) groups is 1. The number of esters is 1. The van der Waals surface area contributed by atoms with Gasteiger partial charge in [0.25, 0.3) is 0 Å². The summed E-state index contributed by atoms with van der Waals surface area (Å²) in [5.74, 6) is -0.376. The van der Waals surface area contributed by atoms with Crippen molar-refractivity contribution in [2.45, 2.75) is 31.2 Å². The van der Waals surface area contributed by atoms with E-state index in [2.05, 4.69) is 6.08 Å². The highest BCUT2D eigenvalue weighted by molar-refractivity contribution is 6.29. The highest BCUT2D eigenvalue weighted by Gasteiger charge is 2.34. The lowest BCUT2D eigenvalue weighted by Crippen LogP contribution is -2.33. The van der Waals surface area contributed by atoms with E-state index >= 15 is 0 Å². The van der Waals surface area contributed by atoms with Crippen LogP contribution in [0.2, 0.25) is 0 Å². The van der Waals surface area contributed by atoms with Crippen LogP contribution in [0.3, 0.4) is 0 Å². The largest absolute Gasteiger partial charge is 0.453 e. The number of benzene rings is 1. The van der Waals surface area contributed by atoms with Crippen molar-refractivity contribution in [2.24, 2.45) is 0 Å². The van der Waals surface area contributed by atoms with Gasteiger partial charge in [0.2, 0.25) is 0 Å². The van der Waals surface area contributed by atoms with Crippen LogP contribution in [0.15, 0.2) is 30.3 Å². The molecule has 3 heteroatoms. The van der Waals surface area contributed by atoms with Crippen LogP contribution in [0.25, 0.3) is 6.08 Å². The van der Waals surface area contributed by atoms with Crippen molar-refractivity contribution in [1.29, 1.82) is 0 Å². The van der Waals surface area contributed by atoms with E-state index in [0.717, 1.165) is 11.1 Å². The molecule has 2 atom stereocenters. The van der Waals surface area contributed by atoms with E-state index < -0.39 is 11.0 Å². The second kappa shape index (κ2) is 4.53. The van der Waals surface area contributed by atoms with Crippen LogP contribution < -0.4 is 0 Å². The molecule has 1 aromatic carbocycles. The molecule has 1 aliphatic carbocycles. The molecule has 1 aromatic rings. The Bertz CT molecular complexity index is 465. The van der Waals surface area contributed by atoms with Crippen LogP contribution in [0, 0.1) is 0 Å². The molecule has 90 valence electrons. The Kier molecular flexibility index (Phi) is 3.25. The second-order valence-corrected chi connectivity index (χ2v) is 5.12. The molecule has 1 aliphatic rings. The average Bonchev–Trinajstić information content (AvgIpc) is 2.29. The van der Waals surface area contributed by atoms with Crippen LogP contribution in [-0.2, 0) is 15.1 Å². The zero-order valence-corrected chi connectivity index (χ0v) is 10.7. The summed E-state index contributed by atoms with van der Waals surface area (Å²) in [5.41, 5.74) is 1.52. The van der Waals surface area contributed by atoms with Crippen molar-refractivity contribution in [1.82, 2.24) is 0 Å². The number of rotatable bonds is 2. The van der Waals surface area contributed by atoms with Gasteiger partial charge in [-0.1, -0.05) is 36.4 Å². The van der Waals surface area contributed by atoms with Crippen molar-refractivity contribution >= 4 is 23.6 Å². The summed E-state index contributed by atoms with van der Waals surface area (Å²) in [6.45, 7) is 3.55. The van der Waals surface area contributed by atoms with Crippen LogP contribution in [0.4, 0.5) is 0 Å². The fraction of sp³-hybridized carbons (Fsp3) is 0.357. The van der Waals surface area contributed by atoms with E-state index in [9.17, 15) is 4.79 Å². The van der Waals surface area contributed by atoms with Crippen molar-refractivity contribution in [3.8, 4) is 0 Å². The van der Waals surface area contributed by atoms with Crippen molar-refractivity contribution in [3.05, 3.63) is 41.5 Å². The lowest BCUT2D eigenvalue weighted by atomic mass is 9.84. The standard InChI is InChI=1S/C14H15ClO2/c1-10(15)13(16)17-14(2)9-5-7-11-6-3-4-8-12(11)14/h3-8,10H,9H2,1-2H3. The molecular formula is C14H15ClO2. The first-order valence-electron chi connectivity index (χ1n) is 5.66. The minimum atomic E-state index is -0.620. The van der Waals surface area contributed by atoms with Gasteiger partial charge in [0.05, 0.1) is 0 Å². The number of fused-ring (bicyclic) bond motifs is 1. The predicted molar refractivity (Wildman–Crippen MR) is 68.9 cm³/mol. The second-order valence-electron chi connectivity index (χ2n) is 4.46. The van der Waals surface area contributed by atoms with Crippen LogP contribution >= 0.6 is 11.6 Å². The van der Waals surface area contributed by atoms with E-state index in [1.807, 2.05) is 37.3 Å². The minimum Gasteiger partial charge on any atom is -0.453 e. The average molecular weight is 251 g/mol. The van der Waals surface area contributed by atoms with Crippen LogP contribution in [0.5, 0.6) is 0 Å². The van der Waals surface area contributed by atoms with Crippen molar-refractivity contribution in [3.63, 3.8) is 0 Å². The third-order valence-electron chi connectivity index (χ3n) is 2.99. The van der Waals surface area contributed by atoms with Gasteiger partial charge in [0.15, 0.2) is 0 Å². The molecule has 0 saturated heterocycles. The van der Waals surface area contributed by atoms with Gasteiger partial charge >= 0.3 is 5.97 Å². The SMILES string of the molecule is CC(Cl)C(=O)OC1(C)CC=Cc2ccccc21. The number of ether oxygens (including phenoxy) is 1. The molecule has 0 spiro atoms. The Labute approximate surface area is 106 Å². The van der Waals surface area contributed by atoms with Crippen LogP contribution in [-0.4, -0.2) is 11.3 Å². The fourth-order valence-corrected chi connectivity index (χ4v) is 2.09. The molecule has 0 radical (unpaired) electrons. The third kappa shape index (κ3) is 2.37. The first-order chi connectivity index (χ1) is 8.03. The molecule has 0 heterocycles. The summed E-state index contributed by atoms with van der Waals surface area (Å²) < 4.78 is 5.54. The molecule has 2 unspecified atom stereocenters. The quantitative estimate of drug-likeness (QED) is 0.593. The zero-order valence-electron chi connectivity index (χ0n) is 9.94. The number of hydrogen-bond donors (Lipinski definition) is 0. The first kappa shape index (κ1) is 12.2. The predicted octanol–water partition coefficient (Wildman–Crippen LogP) is 3.49. The van der Waals surface area contributed by atoms with E-state index in [0.29, 0.717) is 6.42 Å². The highest BCUT2D eigenvalue weighted by Crippen LogP contribution is 2.36. The highest BCUT2D eigenvalue weighted by atomic mass is 35.5. The van der Waals surface area contributed by atoms with Crippen molar-refractivity contribution < 1.29 is 9.53 Å². The lowest BCUT2D eigenvalue weighted by molar-refractivity contribution is -0.158. The van der Waals surface area contributed by atoms with Gasteiger partial charge in [-0.15, -0.1) is 11.6 Å². The van der Waals surface area contributed by atoms with E-state index in [4.69, 9.17) is 16.3 Å². The molecule has 0 bridgehead atoms. The summed E-state index contributed by atoms with van der Waals surface area (Å²) in [4.78, 5) is 11.6. The molecule has 0 aliphatic heterocycles. The normalized spacial score (nSPS) is 23.9. The minimum absolute atomic E-state index is 0.376. The molecule has 0 aromatic heterocycles. The Balaban J connectivity index is 2.33. The first-order valence-corrected chi connectivity index (χ1v) is 6.09. The maximum atomic E-state index is 11.6.